The molecule has 1 heteroatoms. The van der Waals surface area contributed by atoms with Crippen LogP contribution in [0.2, 0.25) is 0 Å². The summed E-state index contributed by atoms with van der Waals surface area (Å²) < 4.78 is 6.29. The van der Waals surface area contributed by atoms with Gasteiger partial charge < -0.3 is 4.74 Å². The van der Waals surface area contributed by atoms with Crippen LogP contribution in [0, 0.1) is 0 Å². The van der Waals surface area contributed by atoms with Gasteiger partial charge in [0.25, 0.3) is 0 Å². The van der Waals surface area contributed by atoms with E-state index >= 15 is 0 Å². The molecule has 1 heterocycles. The van der Waals surface area contributed by atoms with Crippen LogP contribution in [0.1, 0.15) is 22.3 Å². The van der Waals surface area contributed by atoms with Crippen molar-refractivity contribution >= 4 is 17.1 Å². The second-order valence-corrected chi connectivity index (χ2v) is 7.66. The predicted octanol–water partition coefficient (Wildman–Crippen LogP) is 7.91. The fourth-order valence-electron chi connectivity index (χ4n) is 3.72. The van der Waals surface area contributed by atoms with Gasteiger partial charge in [-0.25, -0.2) is 0 Å². The Morgan fingerprint density at radius 3 is 1.30 bits per heavy atom. The Bertz CT molecular complexity index is 1300. The minimum absolute atomic E-state index is 0.794. The van der Waals surface area contributed by atoms with Crippen molar-refractivity contribution in [3.05, 3.63) is 173 Å². The SMILES string of the molecule is C(=C=C(c1ccccc1)c1ccccc1)=C1C=C(c2ccccc2)OC(c2ccccc2)=C1. The van der Waals surface area contributed by atoms with Crippen LogP contribution >= 0.6 is 0 Å². The Morgan fingerprint density at radius 1 is 0.485 bits per heavy atom. The average molecular weight is 423 g/mol. The first-order valence-electron chi connectivity index (χ1n) is 11.0. The lowest BCUT2D eigenvalue weighted by molar-refractivity contribution is 0.467. The summed E-state index contributed by atoms with van der Waals surface area (Å²) in [5.74, 6) is 1.59. The molecule has 4 aromatic rings. The highest BCUT2D eigenvalue weighted by atomic mass is 16.5. The number of ether oxygens (including phenoxy) is 1. The van der Waals surface area contributed by atoms with Gasteiger partial charge in [0.1, 0.15) is 11.5 Å². The largest absolute Gasteiger partial charge is 0.456 e. The summed E-state index contributed by atoms with van der Waals surface area (Å²) in [6.45, 7) is 0. The van der Waals surface area contributed by atoms with Crippen LogP contribution in [0.4, 0.5) is 0 Å². The van der Waals surface area contributed by atoms with Crippen LogP contribution in [0.3, 0.4) is 0 Å². The topological polar surface area (TPSA) is 9.23 Å². The van der Waals surface area contributed by atoms with Crippen molar-refractivity contribution in [2.75, 3.05) is 0 Å². The normalized spacial score (nSPS) is 12.5. The Kier molecular flexibility index (Phi) is 6.00. The summed E-state index contributed by atoms with van der Waals surface area (Å²) in [6, 6.07) is 40.9. The van der Waals surface area contributed by atoms with Crippen molar-refractivity contribution in [2.45, 2.75) is 0 Å². The standard InChI is InChI=1S/C32H22O/c1-5-13-26(14-6-1)30(27-15-7-2-8-16-27)22-21-25-23-31(28-17-9-3-10-18-28)33-32(24-25)29-19-11-4-12-20-29/h1-20,23-24H. The maximum Gasteiger partial charge on any atom is 0.135 e. The summed E-state index contributed by atoms with van der Waals surface area (Å²) >= 11 is 0. The maximum atomic E-state index is 6.29. The minimum atomic E-state index is 0.794. The number of rotatable bonds is 4. The summed E-state index contributed by atoms with van der Waals surface area (Å²) in [4.78, 5) is 0. The molecular weight excluding hydrogens is 400 g/mol. The molecule has 0 saturated carbocycles. The van der Waals surface area contributed by atoms with Gasteiger partial charge in [-0.2, -0.15) is 0 Å². The van der Waals surface area contributed by atoms with Crippen molar-refractivity contribution in [3.8, 4) is 0 Å². The van der Waals surface area contributed by atoms with Crippen molar-refractivity contribution in [3.63, 3.8) is 0 Å². The predicted molar refractivity (Wildman–Crippen MR) is 136 cm³/mol. The van der Waals surface area contributed by atoms with Crippen LogP contribution < -0.4 is 0 Å². The van der Waals surface area contributed by atoms with E-state index in [0.29, 0.717) is 0 Å². The van der Waals surface area contributed by atoms with E-state index in [-0.39, 0.29) is 0 Å². The molecule has 0 amide bonds. The second kappa shape index (κ2) is 9.73. The molecule has 0 radical (unpaired) electrons. The molecule has 0 atom stereocenters. The van der Waals surface area contributed by atoms with Gasteiger partial charge >= 0.3 is 0 Å². The van der Waals surface area contributed by atoms with Crippen LogP contribution in [-0.4, -0.2) is 0 Å². The van der Waals surface area contributed by atoms with Crippen molar-refractivity contribution in [1.82, 2.24) is 0 Å². The zero-order valence-corrected chi connectivity index (χ0v) is 18.1. The third-order valence-electron chi connectivity index (χ3n) is 5.37. The van der Waals surface area contributed by atoms with Crippen molar-refractivity contribution < 1.29 is 4.74 Å². The Labute approximate surface area is 194 Å². The lowest BCUT2D eigenvalue weighted by atomic mass is 9.98. The molecule has 4 aromatic carbocycles. The first kappa shape index (κ1) is 20.4. The van der Waals surface area contributed by atoms with Gasteiger partial charge in [-0.3, -0.25) is 0 Å². The fourth-order valence-corrected chi connectivity index (χ4v) is 3.72. The lowest BCUT2D eigenvalue weighted by Crippen LogP contribution is -1.99. The second-order valence-electron chi connectivity index (χ2n) is 7.66. The molecule has 0 saturated heterocycles. The van der Waals surface area contributed by atoms with Gasteiger partial charge in [-0.05, 0) is 23.3 Å². The van der Waals surface area contributed by atoms with E-state index in [1.807, 2.05) is 84.9 Å². The highest BCUT2D eigenvalue weighted by molar-refractivity contribution is 5.80. The summed E-state index contributed by atoms with van der Waals surface area (Å²) in [6.07, 6.45) is 4.03. The highest BCUT2D eigenvalue weighted by Gasteiger charge is 2.14. The number of hydrogen-bond donors (Lipinski definition) is 0. The summed E-state index contributed by atoms with van der Waals surface area (Å²) in [7, 11) is 0. The molecule has 0 N–H and O–H groups in total. The molecule has 0 aliphatic carbocycles. The molecule has 0 bridgehead atoms. The Balaban J connectivity index is 1.71. The third-order valence-corrected chi connectivity index (χ3v) is 5.37. The van der Waals surface area contributed by atoms with Gasteiger partial charge in [0, 0.05) is 22.3 Å². The maximum absolute atomic E-state index is 6.29. The zero-order chi connectivity index (χ0) is 22.3. The van der Waals surface area contributed by atoms with E-state index < -0.39 is 0 Å². The molecule has 1 aliphatic rings. The monoisotopic (exact) mass is 422 g/mol. The quantitative estimate of drug-likeness (QED) is 0.304. The van der Waals surface area contributed by atoms with Crippen LogP contribution in [0.15, 0.2) is 151 Å². The summed E-state index contributed by atoms with van der Waals surface area (Å²) in [5.41, 5.74) is 13.0. The molecule has 1 aliphatic heterocycles. The van der Waals surface area contributed by atoms with E-state index in [9.17, 15) is 0 Å². The number of hydrogen-bond acceptors (Lipinski definition) is 1. The van der Waals surface area contributed by atoms with Crippen molar-refractivity contribution in [1.29, 1.82) is 0 Å². The molecule has 0 unspecified atom stereocenters. The van der Waals surface area contributed by atoms with Crippen molar-refractivity contribution in [2.24, 2.45) is 0 Å². The minimum Gasteiger partial charge on any atom is -0.456 e. The molecule has 0 fully saturated rings. The molecule has 5 rings (SSSR count). The van der Waals surface area contributed by atoms with E-state index in [0.717, 1.165) is 44.9 Å². The van der Waals surface area contributed by atoms with Gasteiger partial charge in [-0.1, -0.05) is 133 Å². The molecule has 0 aromatic heterocycles. The van der Waals surface area contributed by atoms with E-state index in [2.05, 4.69) is 60.0 Å². The fraction of sp³-hybridized carbons (Fsp3) is 0. The van der Waals surface area contributed by atoms with Gasteiger partial charge in [-0.15, -0.1) is 0 Å². The Hall–Kier alpha value is -4.54. The van der Waals surface area contributed by atoms with Gasteiger partial charge in [0.05, 0.1) is 0 Å². The third kappa shape index (κ3) is 4.87. The van der Waals surface area contributed by atoms with Crippen LogP contribution in [0.5, 0.6) is 0 Å². The molecule has 1 nitrogen and oxygen atoms in total. The van der Waals surface area contributed by atoms with Gasteiger partial charge in [0.15, 0.2) is 0 Å². The molecule has 156 valence electrons. The average Bonchev–Trinajstić information content (AvgIpc) is 2.91. The molecule has 0 spiro atoms. The van der Waals surface area contributed by atoms with E-state index in [1.54, 1.807) is 0 Å². The zero-order valence-electron chi connectivity index (χ0n) is 18.1. The lowest BCUT2D eigenvalue weighted by Gasteiger charge is -2.18. The molecule has 33 heavy (non-hydrogen) atoms. The number of benzene rings is 4. The first-order valence-corrected chi connectivity index (χ1v) is 11.0. The van der Waals surface area contributed by atoms with E-state index in [4.69, 9.17) is 4.74 Å². The summed E-state index contributed by atoms with van der Waals surface area (Å²) in [5, 5.41) is 0. The molecular formula is C32H22O. The van der Waals surface area contributed by atoms with Crippen LogP contribution in [-0.2, 0) is 4.74 Å². The van der Waals surface area contributed by atoms with Gasteiger partial charge in [0.2, 0.25) is 0 Å². The number of allylic oxidation sites excluding steroid dienone is 3. The highest BCUT2D eigenvalue weighted by Crippen LogP contribution is 2.31. The van der Waals surface area contributed by atoms with E-state index in [1.165, 1.54) is 0 Å². The smallest absolute Gasteiger partial charge is 0.135 e. The van der Waals surface area contributed by atoms with Crippen LogP contribution in [0.25, 0.3) is 17.1 Å². The Morgan fingerprint density at radius 2 is 0.879 bits per heavy atom. The first-order chi connectivity index (χ1) is 16.4.